The zero-order valence-electron chi connectivity index (χ0n) is 18.4. The maximum absolute atomic E-state index is 11.1. The van der Waals surface area contributed by atoms with Gasteiger partial charge in [-0.05, 0) is 35.4 Å². The number of aromatic nitrogens is 1. The minimum atomic E-state index is -0.467. The van der Waals surface area contributed by atoms with E-state index in [0.29, 0.717) is 6.54 Å². The number of nitrogens with zero attached hydrogens (tertiary/aromatic N) is 4. The van der Waals surface area contributed by atoms with Crippen molar-refractivity contribution in [2.24, 2.45) is 0 Å². The first-order valence-corrected chi connectivity index (χ1v) is 11.9. The summed E-state index contributed by atoms with van der Waals surface area (Å²) in [5.41, 5.74) is 3.84. The Bertz CT molecular complexity index is 998. The molecule has 0 amide bonds. The molecule has 32 heavy (non-hydrogen) atoms. The number of hydrogen-bond acceptors (Lipinski definition) is 4. The van der Waals surface area contributed by atoms with E-state index in [-0.39, 0.29) is 6.04 Å². The quantitative estimate of drug-likeness (QED) is 0.621. The first-order chi connectivity index (χ1) is 15.7. The fraction of sp³-hybridized carbons (Fsp3) is 0.385. The average Bonchev–Trinajstić information content (AvgIpc) is 3.30. The van der Waals surface area contributed by atoms with Gasteiger partial charge in [-0.25, -0.2) is 0 Å². The van der Waals surface area contributed by atoms with Gasteiger partial charge in [0.25, 0.3) is 0 Å². The zero-order valence-corrected chi connectivity index (χ0v) is 19.1. The predicted octanol–water partition coefficient (Wildman–Crippen LogP) is 3.68. The predicted molar refractivity (Wildman–Crippen MR) is 129 cm³/mol. The van der Waals surface area contributed by atoms with Crippen molar-refractivity contribution in [3.8, 4) is 0 Å². The summed E-state index contributed by atoms with van der Waals surface area (Å²) in [6, 6.07) is 23.2. The molecule has 2 aliphatic rings. The normalized spacial score (nSPS) is 21.4. The Morgan fingerprint density at radius 1 is 0.844 bits per heavy atom. The van der Waals surface area contributed by atoms with Gasteiger partial charge in [0.15, 0.2) is 0 Å². The molecule has 3 heterocycles. The van der Waals surface area contributed by atoms with Crippen LogP contribution in [-0.2, 0) is 13.1 Å². The number of piperazine rings is 1. The van der Waals surface area contributed by atoms with E-state index in [1.54, 1.807) is 0 Å². The fourth-order valence-corrected chi connectivity index (χ4v) is 5.17. The second kappa shape index (κ2) is 9.77. The van der Waals surface area contributed by atoms with E-state index >= 15 is 0 Å². The molecular formula is C26H31ClN4O. The van der Waals surface area contributed by atoms with Gasteiger partial charge in [0, 0.05) is 69.3 Å². The van der Waals surface area contributed by atoms with E-state index in [1.807, 2.05) is 12.1 Å². The second-order valence-electron chi connectivity index (χ2n) is 8.85. The monoisotopic (exact) mass is 450 g/mol. The summed E-state index contributed by atoms with van der Waals surface area (Å²) < 4.78 is 2.32. The fourth-order valence-electron chi connectivity index (χ4n) is 5.04. The van der Waals surface area contributed by atoms with Gasteiger partial charge in [-0.1, -0.05) is 54.1 Å². The molecule has 5 nitrogen and oxygen atoms in total. The molecule has 2 aromatic carbocycles. The molecule has 1 N–H and O–H groups in total. The molecule has 5 rings (SSSR count). The zero-order chi connectivity index (χ0) is 21.9. The molecular weight excluding hydrogens is 420 g/mol. The molecule has 168 valence electrons. The van der Waals surface area contributed by atoms with Gasteiger partial charge < -0.3 is 9.67 Å². The standard InChI is InChI=1S/C26H31ClN4O/c27-23-10-8-22(9-11-23)26-24-7-4-12-29(24)17-18-31(26)20-25(32)30-15-13-28(14-16-30)19-21-5-2-1-3-6-21/h1-12,25-26,32H,13-20H2. The number of halogens is 1. The van der Waals surface area contributed by atoms with Gasteiger partial charge in [0.1, 0.15) is 6.23 Å². The lowest BCUT2D eigenvalue weighted by Gasteiger charge is -2.42. The highest BCUT2D eigenvalue weighted by atomic mass is 35.5. The highest BCUT2D eigenvalue weighted by Crippen LogP contribution is 2.33. The van der Waals surface area contributed by atoms with E-state index in [2.05, 4.69) is 80.1 Å². The molecule has 1 saturated heterocycles. The second-order valence-corrected chi connectivity index (χ2v) is 9.29. The van der Waals surface area contributed by atoms with Crippen molar-refractivity contribution >= 4 is 11.6 Å². The van der Waals surface area contributed by atoms with Crippen molar-refractivity contribution in [1.82, 2.24) is 19.3 Å². The highest BCUT2D eigenvalue weighted by molar-refractivity contribution is 6.30. The Morgan fingerprint density at radius 3 is 2.34 bits per heavy atom. The summed E-state index contributed by atoms with van der Waals surface area (Å²) in [6.07, 6.45) is 1.68. The molecule has 3 aromatic rings. The smallest absolute Gasteiger partial charge is 0.120 e. The van der Waals surface area contributed by atoms with Crippen LogP contribution in [0, 0.1) is 0 Å². The summed E-state index contributed by atoms with van der Waals surface area (Å²) in [5.74, 6) is 0. The van der Waals surface area contributed by atoms with Crippen LogP contribution < -0.4 is 0 Å². The minimum Gasteiger partial charge on any atom is -0.377 e. The summed E-state index contributed by atoms with van der Waals surface area (Å²) in [4.78, 5) is 7.12. The summed E-state index contributed by atoms with van der Waals surface area (Å²) in [7, 11) is 0. The van der Waals surface area contributed by atoms with Crippen LogP contribution in [0.1, 0.15) is 22.9 Å². The van der Waals surface area contributed by atoms with Crippen LogP contribution in [0.3, 0.4) is 0 Å². The van der Waals surface area contributed by atoms with E-state index in [9.17, 15) is 5.11 Å². The minimum absolute atomic E-state index is 0.130. The third kappa shape index (κ3) is 4.77. The third-order valence-electron chi connectivity index (χ3n) is 6.80. The molecule has 6 heteroatoms. The average molecular weight is 451 g/mol. The molecule has 2 unspecified atom stereocenters. The molecule has 2 aliphatic heterocycles. The summed E-state index contributed by atoms with van der Waals surface area (Å²) in [6.45, 7) is 7.23. The van der Waals surface area contributed by atoms with Gasteiger partial charge >= 0.3 is 0 Å². The largest absolute Gasteiger partial charge is 0.377 e. The number of β-amino-alcohol motifs (C(OH)–C–C–N with tert-alkyl or cyclic N) is 1. The third-order valence-corrected chi connectivity index (χ3v) is 7.05. The van der Waals surface area contributed by atoms with Gasteiger partial charge in [0.05, 0.1) is 6.04 Å². The molecule has 2 atom stereocenters. The first-order valence-electron chi connectivity index (χ1n) is 11.5. The highest BCUT2D eigenvalue weighted by Gasteiger charge is 2.32. The van der Waals surface area contributed by atoms with Gasteiger partial charge in [-0.15, -0.1) is 0 Å². The Labute approximate surface area is 195 Å². The number of benzene rings is 2. The molecule has 1 fully saturated rings. The van der Waals surface area contributed by atoms with Crippen LogP contribution in [0.4, 0.5) is 0 Å². The maximum Gasteiger partial charge on any atom is 0.120 e. The van der Waals surface area contributed by atoms with Crippen molar-refractivity contribution in [2.45, 2.75) is 25.4 Å². The Balaban J connectivity index is 1.23. The van der Waals surface area contributed by atoms with Crippen LogP contribution in [0.5, 0.6) is 0 Å². The maximum atomic E-state index is 11.1. The van der Waals surface area contributed by atoms with Crippen molar-refractivity contribution in [2.75, 3.05) is 39.3 Å². The number of hydrogen-bond donors (Lipinski definition) is 1. The number of fused-ring (bicyclic) bond motifs is 1. The lowest BCUT2D eigenvalue weighted by Crippen LogP contribution is -2.54. The molecule has 0 saturated carbocycles. The van der Waals surface area contributed by atoms with Gasteiger partial charge in [0.2, 0.25) is 0 Å². The summed E-state index contributed by atoms with van der Waals surface area (Å²) >= 11 is 6.15. The molecule has 0 spiro atoms. The van der Waals surface area contributed by atoms with Crippen molar-refractivity contribution < 1.29 is 5.11 Å². The number of rotatable bonds is 6. The molecule has 0 aliphatic carbocycles. The van der Waals surface area contributed by atoms with E-state index in [4.69, 9.17) is 11.6 Å². The van der Waals surface area contributed by atoms with Crippen molar-refractivity contribution in [3.63, 3.8) is 0 Å². The topological polar surface area (TPSA) is 34.9 Å². The van der Waals surface area contributed by atoms with Gasteiger partial charge in [-0.2, -0.15) is 0 Å². The number of aliphatic hydroxyl groups excluding tert-OH is 1. The van der Waals surface area contributed by atoms with Gasteiger partial charge in [-0.3, -0.25) is 14.7 Å². The molecule has 0 bridgehead atoms. The molecule has 0 radical (unpaired) electrons. The van der Waals surface area contributed by atoms with E-state index in [1.165, 1.54) is 16.8 Å². The lowest BCUT2D eigenvalue weighted by molar-refractivity contribution is -0.0518. The van der Waals surface area contributed by atoms with E-state index < -0.39 is 6.23 Å². The van der Waals surface area contributed by atoms with Crippen molar-refractivity contribution in [1.29, 1.82) is 0 Å². The van der Waals surface area contributed by atoms with E-state index in [0.717, 1.165) is 50.8 Å². The molecule has 1 aromatic heterocycles. The van der Waals surface area contributed by atoms with Crippen molar-refractivity contribution in [3.05, 3.63) is 94.8 Å². The van der Waals surface area contributed by atoms with Crippen LogP contribution in [0.15, 0.2) is 72.9 Å². The summed E-state index contributed by atoms with van der Waals surface area (Å²) in [5, 5.41) is 11.9. The van der Waals surface area contributed by atoms with Crippen LogP contribution in [-0.4, -0.2) is 69.9 Å². The Kier molecular flexibility index (Phi) is 6.62. The SMILES string of the molecule is OC(CN1CCn2cccc2C1c1ccc(Cl)cc1)N1CCN(Cc2ccccc2)CC1. The lowest BCUT2D eigenvalue weighted by atomic mass is 10.00. The van der Waals surface area contributed by atoms with Crippen LogP contribution >= 0.6 is 11.6 Å². The first kappa shape index (κ1) is 21.7. The van der Waals surface area contributed by atoms with Crippen LogP contribution in [0.2, 0.25) is 5.02 Å². The Hall–Kier alpha value is -2.15. The Morgan fingerprint density at radius 2 is 1.59 bits per heavy atom. The van der Waals surface area contributed by atoms with Crippen LogP contribution in [0.25, 0.3) is 0 Å². The number of aliphatic hydroxyl groups is 1.